The smallest absolute Gasteiger partial charge is 0.332 e. The molecule has 86 valence electrons. The van der Waals surface area contributed by atoms with E-state index in [1.807, 2.05) is 0 Å². The van der Waals surface area contributed by atoms with Crippen molar-refractivity contribution in [3.05, 3.63) is 12.2 Å². The third-order valence-electron chi connectivity index (χ3n) is 1.34. The fourth-order valence-corrected chi connectivity index (χ4v) is 0.636. The maximum atomic E-state index is 12.3. The molecule has 0 heterocycles. The van der Waals surface area contributed by atoms with Gasteiger partial charge in [0.25, 0.3) is 0 Å². The Labute approximate surface area is 94.7 Å². The number of halogens is 3. The van der Waals surface area contributed by atoms with Gasteiger partial charge in [0.2, 0.25) is 0 Å². The predicted molar refractivity (Wildman–Crippen MR) is 57.6 cm³/mol. The van der Waals surface area contributed by atoms with Crippen molar-refractivity contribution in [3.8, 4) is 0 Å². The van der Waals surface area contributed by atoms with Crippen LogP contribution in [0.15, 0.2) is 12.2 Å². The Morgan fingerprint density at radius 3 is 2.36 bits per heavy atom. The Morgan fingerprint density at radius 2 is 2.07 bits per heavy atom. The molecule has 0 fully saturated rings. The molecule has 4 nitrogen and oxygen atoms in total. The van der Waals surface area contributed by atoms with Gasteiger partial charge in [-0.3, -0.25) is 0 Å². The first-order chi connectivity index (χ1) is 5.60. The molecule has 0 rings (SSSR count). The number of hydrogen-bond donors (Lipinski definition) is 2. The van der Waals surface area contributed by atoms with Crippen molar-refractivity contribution in [2.45, 2.75) is 5.54 Å². The van der Waals surface area contributed by atoms with Crippen molar-refractivity contribution in [1.29, 1.82) is 0 Å². The van der Waals surface area contributed by atoms with Gasteiger partial charge in [-0.15, -0.1) is 24.8 Å². The number of hydrogen-bond acceptors (Lipinski definition) is 4. The number of carbonyl (C=O) groups is 1. The number of alkyl halides is 1. The number of nitrogens with two attached hydrogens (primary N) is 2. The minimum absolute atomic E-state index is 0. The van der Waals surface area contributed by atoms with E-state index in [2.05, 4.69) is 4.74 Å². The summed E-state index contributed by atoms with van der Waals surface area (Å²) in [6, 6.07) is 0. The molecule has 0 aromatic rings. The summed E-state index contributed by atoms with van der Waals surface area (Å²) in [5.74, 6) is -0.810. The third-order valence-corrected chi connectivity index (χ3v) is 1.34. The highest BCUT2D eigenvalue weighted by Gasteiger charge is 2.32. The Morgan fingerprint density at radius 1 is 1.57 bits per heavy atom. The van der Waals surface area contributed by atoms with Crippen LogP contribution in [-0.2, 0) is 9.53 Å². The van der Waals surface area contributed by atoms with Gasteiger partial charge in [0.1, 0.15) is 6.67 Å². The lowest BCUT2D eigenvalue weighted by molar-refractivity contribution is -0.145. The molecule has 0 aromatic carbocycles. The van der Waals surface area contributed by atoms with Gasteiger partial charge >= 0.3 is 5.97 Å². The Bertz CT molecular complexity index is 193. The van der Waals surface area contributed by atoms with Crippen molar-refractivity contribution >= 4 is 30.8 Å². The fraction of sp³-hybridized carbons (Fsp3) is 0.571. The SMILES string of the molecule is COC(=O)C(N)(C=CCN)CF.Cl.Cl. The van der Waals surface area contributed by atoms with Crippen LogP contribution in [0.2, 0.25) is 0 Å². The van der Waals surface area contributed by atoms with Gasteiger partial charge in [-0.05, 0) is 0 Å². The average Bonchev–Trinajstić information content (AvgIpc) is 2.12. The molecule has 0 aliphatic heterocycles. The first kappa shape index (κ1) is 19.2. The van der Waals surface area contributed by atoms with E-state index in [4.69, 9.17) is 11.5 Å². The van der Waals surface area contributed by atoms with Gasteiger partial charge in [-0.1, -0.05) is 12.2 Å². The van der Waals surface area contributed by atoms with E-state index < -0.39 is 18.2 Å². The molecule has 14 heavy (non-hydrogen) atoms. The summed E-state index contributed by atoms with van der Waals surface area (Å²) in [7, 11) is 1.15. The molecule has 0 spiro atoms. The summed E-state index contributed by atoms with van der Waals surface area (Å²) in [6.07, 6.45) is 2.62. The zero-order valence-corrected chi connectivity index (χ0v) is 9.37. The van der Waals surface area contributed by atoms with E-state index in [-0.39, 0.29) is 31.4 Å². The molecular formula is C7H15Cl2FN2O2. The monoisotopic (exact) mass is 248 g/mol. The second kappa shape index (κ2) is 9.21. The van der Waals surface area contributed by atoms with Crippen molar-refractivity contribution in [2.24, 2.45) is 11.5 Å². The minimum atomic E-state index is -1.69. The van der Waals surface area contributed by atoms with E-state index in [0.717, 1.165) is 7.11 Å². The van der Waals surface area contributed by atoms with Crippen molar-refractivity contribution in [2.75, 3.05) is 20.3 Å². The Balaban J connectivity index is -0.000000605. The van der Waals surface area contributed by atoms with E-state index in [0.29, 0.717) is 0 Å². The molecule has 0 saturated heterocycles. The van der Waals surface area contributed by atoms with Gasteiger partial charge in [0, 0.05) is 6.54 Å². The van der Waals surface area contributed by atoms with Gasteiger partial charge in [0.15, 0.2) is 5.54 Å². The largest absolute Gasteiger partial charge is 0.467 e. The molecule has 1 atom stereocenters. The lowest BCUT2D eigenvalue weighted by Gasteiger charge is -2.18. The summed E-state index contributed by atoms with van der Waals surface area (Å²) in [5, 5.41) is 0. The molecule has 0 radical (unpaired) electrons. The van der Waals surface area contributed by atoms with Crippen LogP contribution < -0.4 is 11.5 Å². The first-order valence-electron chi connectivity index (χ1n) is 3.41. The molecular weight excluding hydrogens is 234 g/mol. The van der Waals surface area contributed by atoms with Crippen LogP contribution in [0.25, 0.3) is 0 Å². The fourth-order valence-electron chi connectivity index (χ4n) is 0.636. The first-order valence-corrected chi connectivity index (χ1v) is 3.41. The number of methoxy groups -OCH3 is 1. The number of rotatable bonds is 4. The molecule has 0 bridgehead atoms. The van der Waals surface area contributed by atoms with Crippen molar-refractivity contribution in [1.82, 2.24) is 0 Å². The van der Waals surface area contributed by atoms with Crippen LogP contribution in [0.4, 0.5) is 4.39 Å². The van der Waals surface area contributed by atoms with E-state index >= 15 is 0 Å². The predicted octanol–water partition coefficient (Wildman–Crippen LogP) is 0.185. The third kappa shape index (κ3) is 5.39. The van der Waals surface area contributed by atoms with E-state index in [1.54, 1.807) is 0 Å². The van der Waals surface area contributed by atoms with Crippen LogP contribution in [0.1, 0.15) is 0 Å². The van der Waals surface area contributed by atoms with Gasteiger partial charge in [0.05, 0.1) is 7.11 Å². The molecule has 0 saturated carbocycles. The van der Waals surface area contributed by atoms with Crippen molar-refractivity contribution < 1.29 is 13.9 Å². The minimum Gasteiger partial charge on any atom is -0.467 e. The summed E-state index contributed by atoms with van der Waals surface area (Å²) in [6.45, 7) is -0.799. The second-order valence-electron chi connectivity index (χ2n) is 2.30. The molecule has 4 N–H and O–H groups in total. The number of esters is 1. The van der Waals surface area contributed by atoms with Crippen LogP contribution in [-0.4, -0.2) is 31.8 Å². The standard InChI is InChI=1S/C7H13FN2O2.2ClH/c1-12-6(11)7(10,5-8)3-2-4-9;;/h2-3H,4-5,9-10H2,1H3;2*1H. The second-order valence-corrected chi connectivity index (χ2v) is 2.30. The number of carbonyl (C=O) groups excluding carboxylic acids is 1. The number of ether oxygens (including phenoxy) is 1. The van der Waals surface area contributed by atoms with Crippen LogP contribution in [0.3, 0.4) is 0 Å². The van der Waals surface area contributed by atoms with Crippen LogP contribution in [0.5, 0.6) is 0 Å². The molecule has 1 unspecified atom stereocenters. The zero-order valence-electron chi connectivity index (χ0n) is 7.73. The normalized spacial score (nSPS) is 13.7. The molecule has 7 heteroatoms. The van der Waals surface area contributed by atoms with Crippen LogP contribution in [0, 0.1) is 0 Å². The topological polar surface area (TPSA) is 78.3 Å². The Hall–Kier alpha value is -0.360. The lowest BCUT2D eigenvalue weighted by Crippen LogP contribution is -2.49. The zero-order chi connectivity index (χ0) is 9.61. The van der Waals surface area contributed by atoms with Crippen LogP contribution >= 0.6 is 24.8 Å². The molecule has 0 aliphatic rings. The molecule has 0 aromatic heterocycles. The summed E-state index contributed by atoms with van der Waals surface area (Å²) < 4.78 is 16.6. The quantitative estimate of drug-likeness (QED) is 0.550. The highest BCUT2D eigenvalue weighted by atomic mass is 35.5. The Kier molecular flexibility index (Phi) is 12.7. The average molecular weight is 249 g/mol. The maximum Gasteiger partial charge on any atom is 0.332 e. The van der Waals surface area contributed by atoms with E-state index in [1.165, 1.54) is 12.2 Å². The summed E-state index contributed by atoms with van der Waals surface area (Å²) >= 11 is 0. The van der Waals surface area contributed by atoms with Gasteiger partial charge < -0.3 is 16.2 Å². The summed E-state index contributed by atoms with van der Waals surface area (Å²) in [4.78, 5) is 10.9. The van der Waals surface area contributed by atoms with Crippen molar-refractivity contribution in [3.63, 3.8) is 0 Å². The highest BCUT2D eigenvalue weighted by Crippen LogP contribution is 2.05. The summed E-state index contributed by atoms with van der Waals surface area (Å²) in [5.41, 5.74) is 8.77. The van der Waals surface area contributed by atoms with E-state index in [9.17, 15) is 9.18 Å². The molecule has 0 aliphatic carbocycles. The molecule has 0 amide bonds. The maximum absolute atomic E-state index is 12.3. The highest BCUT2D eigenvalue weighted by molar-refractivity contribution is 5.85. The lowest BCUT2D eigenvalue weighted by atomic mass is 10.0. The van der Waals surface area contributed by atoms with Gasteiger partial charge in [-0.2, -0.15) is 0 Å². The van der Waals surface area contributed by atoms with Gasteiger partial charge in [-0.25, -0.2) is 9.18 Å².